The van der Waals surface area contributed by atoms with E-state index in [0.29, 0.717) is 12.2 Å². The van der Waals surface area contributed by atoms with Crippen molar-refractivity contribution in [3.63, 3.8) is 0 Å². The van der Waals surface area contributed by atoms with Gasteiger partial charge in [0.1, 0.15) is 5.75 Å². The Kier molecular flexibility index (Phi) is 10.5. The van der Waals surface area contributed by atoms with Gasteiger partial charge >= 0.3 is 0 Å². The molecule has 0 N–H and O–H groups in total. The number of ketones is 1. The largest absolute Gasteiger partial charge is 0.494 e. The first-order chi connectivity index (χ1) is 14.0. The molecule has 0 aliphatic heterocycles. The Morgan fingerprint density at radius 1 is 1.14 bits per heavy atom. The molecular formula is C24H30BrNO2S. The number of halogens is 1. The molecule has 0 spiro atoms. The molecule has 0 amide bonds. The van der Waals surface area contributed by atoms with Gasteiger partial charge in [0.15, 0.2) is 5.78 Å². The topological polar surface area (TPSA) is 29.5 Å². The molecule has 5 heteroatoms. The fourth-order valence-corrected chi connectivity index (χ4v) is 3.92. The Labute approximate surface area is 187 Å². The predicted octanol–water partition coefficient (Wildman–Crippen LogP) is 6.46. The number of unbranched alkanes of at least 4 members (excludes halogenated alkanes) is 3. The summed E-state index contributed by atoms with van der Waals surface area (Å²) >= 11 is 4.98. The van der Waals surface area contributed by atoms with E-state index in [9.17, 15) is 4.79 Å². The average Bonchev–Trinajstić information content (AvgIpc) is 2.73. The zero-order chi connectivity index (χ0) is 21.1. The maximum absolute atomic E-state index is 12.8. The number of rotatable bonds is 13. The smallest absolute Gasteiger partial charge is 0.194 e. The molecule has 156 valence electrons. The van der Waals surface area contributed by atoms with E-state index < -0.39 is 0 Å². The van der Waals surface area contributed by atoms with Gasteiger partial charge in [-0.25, -0.2) is 0 Å². The second-order valence-corrected chi connectivity index (χ2v) is 8.78. The fraction of sp³-hybridized carbons (Fsp3) is 0.375. The van der Waals surface area contributed by atoms with E-state index in [2.05, 4.69) is 34.5 Å². The van der Waals surface area contributed by atoms with Gasteiger partial charge < -0.3 is 9.64 Å². The summed E-state index contributed by atoms with van der Waals surface area (Å²) in [6, 6.07) is 13.2. The standard InChI is InChI=1S/C24H30BrNO2S/c1-4-15-26(2)16-7-5-6-8-17-28-21-13-14-22(23(18-21)29-3)24(27)19-9-11-20(25)12-10-19/h4,9-14,18H,1,5-8,15-17H2,2-3H3. The van der Waals surface area contributed by atoms with Crippen LogP contribution in [0.1, 0.15) is 41.6 Å². The molecule has 2 aromatic rings. The first-order valence-electron chi connectivity index (χ1n) is 9.95. The Hall–Kier alpha value is -1.56. The second-order valence-electron chi connectivity index (χ2n) is 7.01. The van der Waals surface area contributed by atoms with Crippen molar-refractivity contribution < 1.29 is 9.53 Å². The zero-order valence-corrected chi connectivity index (χ0v) is 19.7. The lowest BCUT2D eigenvalue weighted by Gasteiger charge is -2.13. The molecule has 29 heavy (non-hydrogen) atoms. The lowest BCUT2D eigenvalue weighted by molar-refractivity contribution is 0.103. The summed E-state index contributed by atoms with van der Waals surface area (Å²) in [5.41, 5.74) is 1.41. The summed E-state index contributed by atoms with van der Waals surface area (Å²) in [6.45, 7) is 6.52. The van der Waals surface area contributed by atoms with E-state index in [-0.39, 0.29) is 5.78 Å². The van der Waals surface area contributed by atoms with Crippen LogP contribution in [-0.4, -0.2) is 43.7 Å². The number of thioether (sulfide) groups is 1. The van der Waals surface area contributed by atoms with Crippen molar-refractivity contribution in [2.45, 2.75) is 30.6 Å². The van der Waals surface area contributed by atoms with Crippen LogP contribution >= 0.6 is 27.7 Å². The summed E-state index contributed by atoms with van der Waals surface area (Å²) in [5.74, 6) is 0.863. The molecule has 2 rings (SSSR count). The number of likely N-dealkylation sites (N-methyl/N-ethyl adjacent to an activating group) is 1. The summed E-state index contributed by atoms with van der Waals surface area (Å²) < 4.78 is 6.88. The third-order valence-corrected chi connectivity index (χ3v) is 5.97. The highest BCUT2D eigenvalue weighted by Crippen LogP contribution is 2.28. The van der Waals surface area contributed by atoms with E-state index in [1.165, 1.54) is 12.8 Å². The Bertz CT molecular complexity index is 792. The highest BCUT2D eigenvalue weighted by Gasteiger charge is 2.14. The first-order valence-corrected chi connectivity index (χ1v) is 12.0. The number of carbonyl (C=O) groups is 1. The average molecular weight is 476 g/mol. The van der Waals surface area contributed by atoms with Crippen LogP contribution in [-0.2, 0) is 0 Å². The predicted molar refractivity (Wildman–Crippen MR) is 127 cm³/mol. The van der Waals surface area contributed by atoms with Gasteiger partial charge in [0.05, 0.1) is 6.61 Å². The lowest BCUT2D eigenvalue weighted by atomic mass is 10.0. The monoisotopic (exact) mass is 475 g/mol. The minimum Gasteiger partial charge on any atom is -0.494 e. The van der Waals surface area contributed by atoms with Gasteiger partial charge in [-0.15, -0.1) is 18.3 Å². The third kappa shape index (κ3) is 8.00. The molecule has 0 unspecified atom stereocenters. The molecule has 0 heterocycles. The molecule has 0 aromatic heterocycles. The van der Waals surface area contributed by atoms with E-state index in [1.807, 2.05) is 54.8 Å². The zero-order valence-electron chi connectivity index (χ0n) is 17.3. The third-order valence-electron chi connectivity index (χ3n) is 4.67. The van der Waals surface area contributed by atoms with Crippen LogP contribution in [0, 0.1) is 0 Å². The van der Waals surface area contributed by atoms with Crippen LogP contribution in [0.5, 0.6) is 5.75 Å². The molecule has 0 saturated carbocycles. The molecule has 2 aromatic carbocycles. The SMILES string of the molecule is C=CCN(C)CCCCCCOc1ccc(C(=O)c2ccc(Br)cc2)c(SC)c1. The summed E-state index contributed by atoms with van der Waals surface area (Å²) in [7, 11) is 2.12. The molecule has 0 saturated heterocycles. The maximum atomic E-state index is 12.8. The van der Waals surface area contributed by atoms with Crippen LogP contribution in [0.25, 0.3) is 0 Å². The van der Waals surface area contributed by atoms with Gasteiger partial charge in [-0.2, -0.15) is 0 Å². The molecule has 0 bridgehead atoms. The van der Waals surface area contributed by atoms with Crippen molar-refractivity contribution in [2.24, 2.45) is 0 Å². The normalized spacial score (nSPS) is 10.9. The van der Waals surface area contributed by atoms with Gasteiger partial charge in [0.2, 0.25) is 0 Å². The molecule has 3 nitrogen and oxygen atoms in total. The minimum absolute atomic E-state index is 0.0369. The van der Waals surface area contributed by atoms with Gasteiger partial charge in [-0.05, 0) is 75.2 Å². The molecular weight excluding hydrogens is 446 g/mol. The van der Waals surface area contributed by atoms with E-state index in [0.717, 1.165) is 46.6 Å². The molecule has 0 aliphatic carbocycles. The highest BCUT2D eigenvalue weighted by atomic mass is 79.9. The quantitative estimate of drug-likeness (QED) is 0.144. The molecule has 0 aliphatic rings. The summed E-state index contributed by atoms with van der Waals surface area (Å²) in [4.78, 5) is 16.0. The fourth-order valence-electron chi connectivity index (χ4n) is 3.04. The van der Waals surface area contributed by atoms with E-state index in [1.54, 1.807) is 11.8 Å². The number of hydrogen-bond acceptors (Lipinski definition) is 4. The first kappa shape index (κ1) is 23.7. The number of benzene rings is 2. The highest BCUT2D eigenvalue weighted by molar-refractivity contribution is 9.10. The summed E-state index contributed by atoms with van der Waals surface area (Å²) in [6.07, 6.45) is 8.54. The lowest BCUT2D eigenvalue weighted by Crippen LogP contribution is -2.19. The van der Waals surface area contributed by atoms with Crippen molar-refractivity contribution in [3.05, 3.63) is 70.7 Å². The second kappa shape index (κ2) is 12.9. The number of hydrogen-bond donors (Lipinski definition) is 0. The van der Waals surface area contributed by atoms with Gasteiger partial charge in [0.25, 0.3) is 0 Å². The van der Waals surface area contributed by atoms with E-state index in [4.69, 9.17) is 4.74 Å². The number of carbonyl (C=O) groups excluding carboxylic acids is 1. The van der Waals surface area contributed by atoms with Crippen LogP contribution in [0.4, 0.5) is 0 Å². The van der Waals surface area contributed by atoms with Gasteiger partial charge in [0, 0.05) is 27.0 Å². The van der Waals surface area contributed by atoms with Crippen LogP contribution in [0.15, 0.2) is 64.5 Å². The molecule has 0 radical (unpaired) electrons. The Balaban J connectivity index is 1.82. The van der Waals surface area contributed by atoms with Crippen LogP contribution in [0.3, 0.4) is 0 Å². The number of ether oxygens (including phenoxy) is 1. The van der Waals surface area contributed by atoms with Gasteiger partial charge in [-0.1, -0.05) is 34.8 Å². The van der Waals surface area contributed by atoms with Crippen molar-refractivity contribution >= 4 is 33.5 Å². The number of nitrogens with zero attached hydrogens (tertiary/aromatic N) is 1. The van der Waals surface area contributed by atoms with Crippen molar-refractivity contribution in [1.29, 1.82) is 0 Å². The Morgan fingerprint density at radius 3 is 2.55 bits per heavy atom. The van der Waals surface area contributed by atoms with Crippen LogP contribution in [0.2, 0.25) is 0 Å². The van der Waals surface area contributed by atoms with Crippen molar-refractivity contribution in [2.75, 3.05) is 33.0 Å². The minimum atomic E-state index is 0.0369. The summed E-state index contributed by atoms with van der Waals surface area (Å²) in [5, 5.41) is 0. The van der Waals surface area contributed by atoms with Crippen LogP contribution < -0.4 is 4.74 Å². The maximum Gasteiger partial charge on any atom is 0.194 e. The van der Waals surface area contributed by atoms with E-state index >= 15 is 0 Å². The molecule has 0 fully saturated rings. The van der Waals surface area contributed by atoms with Gasteiger partial charge in [-0.3, -0.25) is 4.79 Å². The van der Waals surface area contributed by atoms with Crippen molar-refractivity contribution in [3.8, 4) is 5.75 Å². The van der Waals surface area contributed by atoms with Crippen molar-refractivity contribution in [1.82, 2.24) is 4.90 Å². The molecule has 0 atom stereocenters. The Morgan fingerprint density at radius 2 is 1.86 bits per heavy atom.